The Hall–Kier alpha value is -5.05. The smallest absolute Gasteiger partial charge is 0.275 e. The van der Waals surface area contributed by atoms with Crippen LogP contribution in [0.1, 0.15) is 11.1 Å². The topological polar surface area (TPSA) is 198 Å². The van der Waals surface area contributed by atoms with Crippen molar-refractivity contribution in [2.24, 2.45) is 0 Å². The highest BCUT2D eigenvalue weighted by molar-refractivity contribution is 7.93. The number of nitro benzene ring substituents is 1. The molecule has 3 N–H and O–H groups in total. The van der Waals surface area contributed by atoms with E-state index in [0.717, 1.165) is 15.9 Å². The molecule has 2 heterocycles. The number of thiazole rings is 1. The first-order valence-electron chi connectivity index (χ1n) is 9.84. The molecular formula is C22H13N7O5S2. The summed E-state index contributed by atoms with van der Waals surface area (Å²) in [4.78, 5) is 27.4. The van der Waals surface area contributed by atoms with Crippen LogP contribution in [-0.4, -0.2) is 22.9 Å². The number of pyridine rings is 1. The van der Waals surface area contributed by atoms with E-state index in [0.29, 0.717) is 0 Å². The molecule has 0 bridgehead atoms. The SMILES string of the molecule is N#Cc1c(-c2ccc([N+](=O)[O-])cc2)c(C#N)c(=O)n(-c2ccc(S(=O)(=O)Nc3nccs3)cc2)c1N. The molecule has 0 aliphatic heterocycles. The van der Waals surface area contributed by atoms with E-state index in [1.807, 2.05) is 6.07 Å². The number of nitrogens with one attached hydrogen (secondary N) is 1. The molecule has 36 heavy (non-hydrogen) atoms. The predicted molar refractivity (Wildman–Crippen MR) is 131 cm³/mol. The van der Waals surface area contributed by atoms with Gasteiger partial charge in [0.05, 0.1) is 15.5 Å². The van der Waals surface area contributed by atoms with Crippen molar-refractivity contribution in [2.75, 3.05) is 10.5 Å². The highest BCUT2D eigenvalue weighted by Crippen LogP contribution is 2.31. The minimum absolute atomic E-state index is 0.0551. The van der Waals surface area contributed by atoms with Crippen molar-refractivity contribution in [3.63, 3.8) is 0 Å². The van der Waals surface area contributed by atoms with E-state index in [-0.39, 0.29) is 43.9 Å². The van der Waals surface area contributed by atoms with Crippen molar-refractivity contribution in [1.82, 2.24) is 9.55 Å². The standard InChI is InChI=1S/C22H13N7O5S2/c23-11-17-19(13-1-3-15(4-2-13)29(31)32)18(12-24)21(30)28(20(17)25)14-5-7-16(8-6-14)36(33,34)27-22-26-9-10-35-22/h1-10H,25H2,(H,26,27). The third-order valence-electron chi connectivity index (χ3n) is 5.06. The summed E-state index contributed by atoms with van der Waals surface area (Å²) < 4.78 is 28.4. The van der Waals surface area contributed by atoms with Gasteiger partial charge in [0, 0.05) is 29.3 Å². The molecule has 0 saturated carbocycles. The Labute approximate surface area is 207 Å². The number of rotatable bonds is 6. The summed E-state index contributed by atoms with van der Waals surface area (Å²) in [7, 11) is -3.95. The number of nitrogen functional groups attached to an aromatic ring is 1. The van der Waals surface area contributed by atoms with Gasteiger partial charge in [-0.05, 0) is 42.0 Å². The van der Waals surface area contributed by atoms with E-state index in [4.69, 9.17) is 5.73 Å². The van der Waals surface area contributed by atoms with E-state index in [9.17, 15) is 33.9 Å². The van der Waals surface area contributed by atoms with E-state index >= 15 is 0 Å². The second-order valence-corrected chi connectivity index (χ2v) is 9.69. The molecule has 14 heteroatoms. The maximum Gasteiger partial charge on any atom is 0.275 e. The van der Waals surface area contributed by atoms with Gasteiger partial charge in [0.2, 0.25) is 0 Å². The number of benzene rings is 2. The molecule has 0 aliphatic carbocycles. The Morgan fingerprint density at radius 2 is 1.69 bits per heavy atom. The fourth-order valence-electron chi connectivity index (χ4n) is 3.43. The van der Waals surface area contributed by atoms with Gasteiger partial charge < -0.3 is 5.73 Å². The van der Waals surface area contributed by atoms with Crippen LogP contribution in [0.4, 0.5) is 16.6 Å². The molecule has 2 aromatic heterocycles. The first kappa shape index (κ1) is 24.1. The lowest BCUT2D eigenvalue weighted by atomic mass is 9.96. The van der Waals surface area contributed by atoms with Crippen LogP contribution in [0.2, 0.25) is 0 Å². The number of non-ortho nitro benzene ring substituents is 1. The zero-order valence-electron chi connectivity index (χ0n) is 17.9. The molecule has 2 aromatic carbocycles. The fraction of sp³-hybridized carbons (Fsp3) is 0. The van der Waals surface area contributed by atoms with Crippen LogP contribution in [0, 0.1) is 32.8 Å². The predicted octanol–water partition coefficient (Wildman–Crippen LogP) is 3.00. The summed E-state index contributed by atoms with van der Waals surface area (Å²) in [6.45, 7) is 0. The van der Waals surface area contributed by atoms with Crippen LogP contribution < -0.4 is 16.0 Å². The van der Waals surface area contributed by atoms with Gasteiger partial charge in [-0.15, -0.1) is 11.3 Å². The highest BCUT2D eigenvalue weighted by atomic mass is 32.2. The van der Waals surface area contributed by atoms with Crippen LogP contribution >= 0.6 is 11.3 Å². The Morgan fingerprint density at radius 1 is 1.06 bits per heavy atom. The summed E-state index contributed by atoms with van der Waals surface area (Å²) in [5.41, 5.74) is 4.79. The monoisotopic (exact) mass is 519 g/mol. The number of nitrogens with zero attached hydrogens (tertiary/aromatic N) is 5. The molecule has 0 amide bonds. The van der Waals surface area contributed by atoms with Gasteiger partial charge in [-0.1, -0.05) is 0 Å². The summed E-state index contributed by atoms with van der Waals surface area (Å²) in [5, 5.41) is 32.3. The Morgan fingerprint density at radius 3 is 2.22 bits per heavy atom. The zero-order chi connectivity index (χ0) is 26.0. The first-order valence-corrected chi connectivity index (χ1v) is 12.2. The average molecular weight is 520 g/mol. The van der Waals surface area contributed by atoms with Gasteiger partial charge >= 0.3 is 0 Å². The van der Waals surface area contributed by atoms with E-state index in [2.05, 4.69) is 9.71 Å². The highest BCUT2D eigenvalue weighted by Gasteiger charge is 2.24. The second kappa shape index (κ2) is 9.30. The molecule has 0 unspecified atom stereocenters. The van der Waals surface area contributed by atoms with Crippen molar-refractivity contribution in [3.05, 3.63) is 91.7 Å². The summed E-state index contributed by atoms with van der Waals surface area (Å²) in [6.07, 6.45) is 1.45. The first-order chi connectivity index (χ1) is 17.2. The van der Waals surface area contributed by atoms with Gasteiger partial charge in [-0.2, -0.15) is 10.5 Å². The number of nitrogens with two attached hydrogens (primary N) is 1. The number of nitro groups is 1. The van der Waals surface area contributed by atoms with Crippen LogP contribution in [-0.2, 0) is 10.0 Å². The van der Waals surface area contributed by atoms with Gasteiger partial charge in [-0.3, -0.25) is 24.2 Å². The van der Waals surface area contributed by atoms with Gasteiger partial charge in [-0.25, -0.2) is 13.4 Å². The normalized spacial score (nSPS) is 10.8. The van der Waals surface area contributed by atoms with Crippen LogP contribution in [0.5, 0.6) is 0 Å². The van der Waals surface area contributed by atoms with E-state index < -0.39 is 26.1 Å². The van der Waals surface area contributed by atoms with Crippen molar-refractivity contribution < 1.29 is 13.3 Å². The summed E-state index contributed by atoms with van der Waals surface area (Å²) in [5.74, 6) is -0.286. The largest absolute Gasteiger partial charge is 0.384 e. The molecule has 0 saturated heterocycles. The maximum absolute atomic E-state index is 13.3. The Kier molecular flexibility index (Phi) is 6.22. The Bertz CT molecular complexity index is 1730. The Balaban J connectivity index is 1.83. The van der Waals surface area contributed by atoms with Gasteiger partial charge in [0.15, 0.2) is 5.13 Å². The zero-order valence-corrected chi connectivity index (χ0v) is 19.6. The number of hydrogen-bond acceptors (Lipinski definition) is 10. The van der Waals surface area contributed by atoms with E-state index in [1.54, 1.807) is 11.4 Å². The third-order valence-corrected chi connectivity index (χ3v) is 7.24. The molecule has 0 aliphatic rings. The van der Waals surface area contributed by atoms with Crippen LogP contribution in [0.15, 0.2) is 69.8 Å². The number of aromatic nitrogens is 2. The van der Waals surface area contributed by atoms with Gasteiger partial charge in [0.25, 0.3) is 21.3 Å². The lowest BCUT2D eigenvalue weighted by Crippen LogP contribution is -2.26. The molecule has 0 fully saturated rings. The number of nitriles is 2. The van der Waals surface area contributed by atoms with Crippen LogP contribution in [0.25, 0.3) is 16.8 Å². The van der Waals surface area contributed by atoms with Crippen molar-refractivity contribution in [1.29, 1.82) is 10.5 Å². The van der Waals surface area contributed by atoms with Crippen LogP contribution in [0.3, 0.4) is 0 Å². The van der Waals surface area contributed by atoms with Gasteiger partial charge in [0.1, 0.15) is 29.1 Å². The molecule has 0 spiro atoms. The maximum atomic E-state index is 13.3. The van der Waals surface area contributed by atoms with E-state index in [1.165, 1.54) is 54.7 Å². The fourth-order valence-corrected chi connectivity index (χ4v) is 5.22. The molecule has 4 aromatic rings. The number of anilines is 2. The average Bonchev–Trinajstić information content (AvgIpc) is 3.36. The quantitative estimate of drug-likeness (QED) is 0.284. The number of hydrogen-bond donors (Lipinski definition) is 2. The lowest BCUT2D eigenvalue weighted by molar-refractivity contribution is -0.384. The second-order valence-electron chi connectivity index (χ2n) is 7.12. The molecule has 4 rings (SSSR count). The molecule has 0 radical (unpaired) electrons. The summed E-state index contributed by atoms with van der Waals surface area (Å²) >= 11 is 1.10. The molecule has 12 nitrogen and oxygen atoms in total. The lowest BCUT2D eigenvalue weighted by Gasteiger charge is -2.16. The molecular weight excluding hydrogens is 506 g/mol. The van der Waals surface area contributed by atoms with Crippen molar-refractivity contribution in [3.8, 4) is 29.0 Å². The van der Waals surface area contributed by atoms with Crippen molar-refractivity contribution in [2.45, 2.75) is 4.90 Å². The number of sulfonamides is 1. The summed E-state index contributed by atoms with van der Waals surface area (Å²) in [6, 6.07) is 13.7. The van der Waals surface area contributed by atoms with Crippen molar-refractivity contribution >= 4 is 38.0 Å². The molecule has 178 valence electrons. The molecule has 0 atom stereocenters. The third kappa shape index (κ3) is 4.25. The minimum Gasteiger partial charge on any atom is -0.384 e. The minimum atomic E-state index is -3.95.